The van der Waals surface area contributed by atoms with Crippen molar-refractivity contribution < 1.29 is 0 Å². The topological polar surface area (TPSA) is 8.17 Å². The molecule has 0 atom stereocenters. The third kappa shape index (κ3) is 2.87. The van der Waals surface area contributed by atoms with Crippen LogP contribution in [0.2, 0.25) is 0 Å². The second-order valence-electron chi connectivity index (χ2n) is 7.49. The Morgan fingerprint density at radius 3 is 2.58 bits per heavy atom. The molecule has 0 aliphatic carbocycles. The van der Waals surface area contributed by atoms with Crippen molar-refractivity contribution in [1.29, 1.82) is 0 Å². The lowest BCUT2D eigenvalue weighted by atomic mass is 10.0. The molecule has 134 valence electrons. The van der Waals surface area contributed by atoms with E-state index < -0.39 is 0 Å². The number of piperidine rings is 1. The fourth-order valence-corrected chi connectivity index (χ4v) is 5.67. The zero-order valence-electron chi connectivity index (χ0n) is 15.3. The average molecular weight is 363 g/mol. The fourth-order valence-electron chi connectivity index (χ4n) is 4.64. The molecule has 1 fully saturated rings. The van der Waals surface area contributed by atoms with E-state index >= 15 is 0 Å². The zero-order valence-corrected chi connectivity index (χ0v) is 16.1. The summed E-state index contributed by atoms with van der Waals surface area (Å²) in [6.07, 6.45) is 5.29. The predicted octanol–water partition coefficient (Wildman–Crippen LogP) is 5.44. The number of nitrogens with zero attached hydrogens (tertiary/aromatic N) is 2. The number of hydrogen-bond acceptors (Lipinski definition) is 2. The summed E-state index contributed by atoms with van der Waals surface area (Å²) in [5.74, 6) is 1.17. The minimum atomic E-state index is 1.09. The van der Waals surface area contributed by atoms with Gasteiger partial charge in [0.1, 0.15) is 0 Å². The molecule has 2 nitrogen and oxygen atoms in total. The number of aryl methyl sites for hydroxylation is 1. The van der Waals surface area contributed by atoms with Gasteiger partial charge >= 0.3 is 0 Å². The van der Waals surface area contributed by atoms with Crippen LogP contribution in [0, 0.1) is 0 Å². The van der Waals surface area contributed by atoms with Crippen LogP contribution in [0.5, 0.6) is 0 Å². The van der Waals surface area contributed by atoms with Gasteiger partial charge < -0.3 is 9.47 Å². The Morgan fingerprint density at radius 2 is 1.65 bits per heavy atom. The highest BCUT2D eigenvalue weighted by molar-refractivity contribution is 7.99. The minimum Gasteiger partial charge on any atom is -0.339 e. The third-order valence-electron chi connectivity index (χ3n) is 5.92. The van der Waals surface area contributed by atoms with Gasteiger partial charge in [0.2, 0.25) is 0 Å². The van der Waals surface area contributed by atoms with E-state index in [-0.39, 0.29) is 0 Å². The maximum atomic E-state index is 2.65. The van der Waals surface area contributed by atoms with Crippen molar-refractivity contribution in [3.8, 4) is 11.3 Å². The Kier molecular flexibility index (Phi) is 4.51. The van der Waals surface area contributed by atoms with Gasteiger partial charge in [-0.2, -0.15) is 0 Å². The number of para-hydroxylation sites is 1. The molecule has 3 aromatic rings. The van der Waals surface area contributed by atoms with Gasteiger partial charge in [0.05, 0.1) is 5.69 Å². The molecule has 3 heterocycles. The Morgan fingerprint density at radius 1 is 0.846 bits per heavy atom. The molecular formula is C23H26N2S. The van der Waals surface area contributed by atoms with Gasteiger partial charge in [-0.1, -0.05) is 42.8 Å². The van der Waals surface area contributed by atoms with Gasteiger partial charge in [-0.25, -0.2) is 0 Å². The van der Waals surface area contributed by atoms with Crippen molar-refractivity contribution in [3.05, 3.63) is 54.1 Å². The SMILES string of the molecule is c1ccc2c(c1)SCCc1c-2n(CCN2CCCCC2)c2ccccc12. The van der Waals surface area contributed by atoms with Gasteiger partial charge in [0.15, 0.2) is 0 Å². The lowest BCUT2D eigenvalue weighted by Gasteiger charge is -2.27. The van der Waals surface area contributed by atoms with Crippen LogP contribution in [0.25, 0.3) is 22.2 Å². The van der Waals surface area contributed by atoms with Crippen LogP contribution in [0.4, 0.5) is 0 Å². The van der Waals surface area contributed by atoms with E-state index in [1.807, 2.05) is 11.8 Å². The van der Waals surface area contributed by atoms with E-state index in [1.54, 1.807) is 5.56 Å². The second kappa shape index (κ2) is 7.13. The number of hydrogen-bond donors (Lipinski definition) is 0. The molecule has 1 aromatic heterocycles. The maximum Gasteiger partial charge on any atom is 0.0535 e. The molecule has 2 aromatic carbocycles. The minimum absolute atomic E-state index is 1.09. The number of thioether (sulfide) groups is 1. The predicted molar refractivity (Wildman–Crippen MR) is 112 cm³/mol. The van der Waals surface area contributed by atoms with Crippen molar-refractivity contribution in [2.75, 3.05) is 25.4 Å². The molecule has 0 amide bonds. The van der Waals surface area contributed by atoms with Gasteiger partial charge in [-0.3, -0.25) is 0 Å². The first-order chi connectivity index (χ1) is 12.9. The molecular weight excluding hydrogens is 336 g/mol. The van der Waals surface area contributed by atoms with Gasteiger partial charge in [-0.15, -0.1) is 11.8 Å². The van der Waals surface area contributed by atoms with E-state index in [0.717, 1.165) is 13.0 Å². The molecule has 26 heavy (non-hydrogen) atoms. The summed E-state index contributed by atoms with van der Waals surface area (Å²) in [5.41, 5.74) is 5.87. The molecule has 0 spiro atoms. The smallest absolute Gasteiger partial charge is 0.0535 e. The molecule has 5 rings (SSSR count). The summed E-state index contributed by atoms with van der Waals surface area (Å²) >= 11 is 2.01. The first-order valence-electron chi connectivity index (χ1n) is 9.96. The number of fused-ring (bicyclic) bond motifs is 5. The molecule has 0 radical (unpaired) electrons. The number of rotatable bonds is 3. The molecule has 0 bridgehead atoms. The van der Waals surface area contributed by atoms with Crippen LogP contribution in [0.1, 0.15) is 24.8 Å². The van der Waals surface area contributed by atoms with E-state index in [2.05, 4.69) is 58.0 Å². The highest BCUT2D eigenvalue weighted by Crippen LogP contribution is 2.42. The molecule has 2 aliphatic heterocycles. The monoisotopic (exact) mass is 362 g/mol. The number of aromatic nitrogens is 1. The largest absolute Gasteiger partial charge is 0.339 e. The Bertz CT molecular complexity index is 921. The van der Waals surface area contributed by atoms with Crippen LogP contribution >= 0.6 is 11.8 Å². The Hall–Kier alpha value is -1.71. The fraction of sp³-hybridized carbons (Fsp3) is 0.391. The molecule has 3 heteroatoms. The molecule has 0 N–H and O–H groups in total. The van der Waals surface area contributed by atoms with Crippen LogP contribution in [0.15, 0.2) is 53.4 Å². The highest BCUT2D eigenvalue weighted by Gasteiger charge is 2.23. The summed E-state index contributed by atoms with van der Waals surface area (Å²) in [6, 6.07) is 18.0. The van der Waals surface area contributed by atoms with Crippen LogP contribution in [0.3, 0.4) is 0 Å². The summed E-state index contributed by atoms with van der Waals surface area (Å²) in [6.45, 7) is 4.80. The van der Waals surface area contributed by atoms with Crippen LogP contribution < -0.4 is 0 Å². The van der Waals surface area contributed by atoms with Crippen LogP contribution in [-0.2, 0) is 13.0 Å². The lowest BCUT2D eigenvalue weighted by Crippen LogP contribution is -2.32. The average Bonchev–Trinajstić information content (AvgIpc) is 2.88. The van der Waals surface area contributed by atoms with Crippen molar-refractivity contribution in [1.82, 2.24) is 9.47 Å². The maximum absolute atomic E-state index is 2.65. The normalized spacial score (nSPS) is 17.7. The zero-order chi connectivity index (χ0) is 17.3. The van der Waals surface area contributed by atoms with Crippen molar-refractivity contribution in [3.63, 3.8) is 0 Å². The van der Waals surface area contributed by atoms with E-state index in [1.165, 1.54) is 71.7 Å². The van der Waals surface area contributed by atoms with E-state index in [4.69, 9.17) is 0 Å². The van der Waals surface area contributed by atoms with Gasteiger partial charge in [0, 0.05) is 40.2 Å². The number of benzene rings is 2. The Labute approximate surface area is 160 Å². The van der Waals surface area contributed by atoms with Gasteiger partial charge in [0.25, 0.3) is 0 Å². The molecule has 2 aliphatic rings. The van der Waals surface area contributed by atoms with Crippen molar-refractivity contribution >= 4 is 22.7 Å². The second-order valence-corrected chi connectivity index (χ2v) is 8.63. The molecule has 1 saturated heterocycles. The highest BCUT2D eigenvalue weighted by atomic mass is 32.2. The van der Waals surface area contributed by atoms with Crippen molar-refractivity contribution in [2.45, 2.75) is 37.1 Å². The lowest BCUT2D eigenvalue weighted by molar-refractivity contribution is 0.222. The summed E-state index contributed by atoms with van der Waals surface area (Å²) in [4.78, 5) is 4.09. The van der Waals surface area contributed by atoms with E-state index in [0.29, 0.717) is 0 Å². The third-order valence-corrected chi connectivity index (χ3v) is 6.99. The Balaban J connectivity index is 1.62. The first-order valence-corrected chi connectivity index (χ1v) is 10.9. The van der Waals surface area contributed by atoms with E-state index in [9.17, 15) is 0 Å². The number of likely N-dealkylation sites (tertiary alicyclic amines) is 1. The van der Waals surface area contributed by atoms with Crippen molar-refractivity contribution in [2.24, 2.45) is 0 Å². The first kappa shape index (κ1) is 16.5. The molecule has 0 unspecified atom stereocenters. The van der Waals surface area contributed by atoms with Gasteiger partial charge in [-0.05, 0) is 50.0 Å². The standard InChI is InChI=1S/C23H26N2S/c1-6-13-24(14-7-1)15-16-25-21-10-4-2-8-18(21)19-12-17-26-22-11-5-3-9-20(22)23(19)25/h2-5,8-11H,1,6-7,12-17H2. The quantitative estimate of drug-likeness (QED) is 0.613. The van der Waals surface area contributed by atoms with Crippen LogP contribution in [-0.4, -0.2) is 34.9 Å². The summed E-state index contributed by atoms with van der Waals surface area (Å²) < 4.78 is 2.62. The molecule has 0 saturated carbocycles. The summed E-state index contributed by atoms with van der Waals surface area (Å²) in [5, 5.41) is 1.46. The summed E-state index contributed by atoms with van der Waals surface area (Å²) in [7, 11) is 0.